The fraction of sp³-hybridized carbons (Fsp3) is 0.273. The summed E-state index contributed by atoms with van der Waals surface area (Å²) in [7, 11) is 0. The highest BCUT2D eigenvalue weighted by molar-refractivity contribution is 5.32. The molecular formula is C22H22F2N2. The Hall–Kier alpha value is -2.46. The second-order valence-corrected chi connectivity index (χ2v) is 7.01. The number of hydrogen-bond donors (Lipinski definition) is 0. The van der Waals surface area contributed by atoms with Crippen molar-refractivity contribution in [2.24, 2.45) is 0 Å². The number of fused-ring (bicyclic) bond motifs is 1. The zero-order chi connectivity index (χ0) is 18.1. The van der Waals surface area contributed by atoms with Crippen molar-refractivity contribution >= 4 is 0 Å². The van der Waals surface area contributed by atoms with Crippen LogP contribution in [-0.2, 0) is 13.1 Å². The van der Waals surface area contributed by atoms with Crippen LogP contribution >= 0.6 is 0 Å². The summed E-state index contributed by atoms with van der Waals surface area (Å²) < 4.78 is 30.7. The van der Waals surface area contributed by atoms with E-state index in [1.54, 1.807) is 0 Å². The lowest BCUT2D eigenvalue weighted by atomic mass is 10.00. The summed E-state index contributed by atoms with van der Waals surface area (Å²) in [5.41, 5.74) is 3.81. The zero-order valence-corrected chi connectivity index (χ0v) is 14.8. The van der Waals surface area contributed by atoms with Crippen LogP contribution < -0.4 is 0 Å². The zero-order valence-electron chi connectivity index (χ0n) is 14.8. The Morgan fingerprint density at radius 3 is 2.73 bits per heavy atom. The normalized spacial score (nSPS) is 17.7. The van der Waals surface area contributed by atoms with E-state index >= 15 is 0 Å². The van der Waals surface area contributed by atoms with Gasteiger partial charge in [-0.05, 0) is 49.2 Å². The van der Waals surface area contributed by atoms with Crippen molar-refractivity contribution in [3.8, 4) is 0 Å². The fourth-order valence-electron chi connectivity index (χ4n) is 3.93. The van der Waals surface area contributed by atoms with Crippen molar-refractivity contribution in [1.29, 1.82) is 0 Å². The van der Waals surface area contributed by atoms with Crippen LogP contribution in [0.4, 0.5) is 8.78 Å². The van der Waals surface area contributed by atoms with Crippen LogP contribution in [0, 0.1) is 18.6 Å². The highest BCUT2D eigenvalue weighted by atomic mass is 19.1. The van der Waals surface area contributed by atoms with Crippen LogP contribution in [0.15, 0.2) is 60.8 Å². The maximum absolute atomic E-state index is 14.7. The molecule has 0 amide bonds. The van der Waals surface area contributed by atoms with E-state index in [-0.39, 0.29) is 11.9 Å². The summed E-state index contributed by atoms with van der Waals surface area (Å²) >= 11 is 0. The average Bonchev–Trinajstić information content (AvgIpc) is 3.00. The van der Waals surface area contributed by atoms with Gasteiger partial charge < -0.3 is 4.57 Å². The first kappa shape index (κ1) is 17.0. The second-order valence-electron chi connectivity index (χ2n) is 7.01. The molecular weight excluding hydrogens is 330 g/mol. The molecule has 0 N–H and O–H groups in total. The fourth-order valence-corrected chi connectivity index (χ4v) is 3.93. The number of halogens is 2. The number of benzene rings is 2. The van der Waals surface area contributed by atoms with Crippen LogP contribution in [0.2, 0.25) is 0 Å². The van der Waals surface area contributed by atoms with Crippen LogP contribution in [0.3, 0.4) is 0 Å². The van der Waals surface area contributed by atoms with Gasteiger partial charge in [-0.15, -0.1) is 0 Å². The molecule has 4 heteroatoms. The van der Waals surface area contributed by atoms with E-state index in [1.165, 1.54) is 29.3 Å². The van der Waals surface area contributed by atoms with Crippen molar-refractivity contribution in [2.45, 2.75) is 32.5 Å². The molecule has 0 radical (unpaired) electrons. The predicted octanol–water partition coefficient (Wildman–Crippen LogP) is 5.07. The smallest absolute Gasteiger partial charge is 0.128 e. The lowest BCUT2D eigenvalue weighted by molar-refractivity contribution is 0.216. The van der Waals surface area contributed by atoms with E-state index < -0.39 is 5.82 Å². The topological polar surface area (TPSA) is 8.17 Å². The quantitative estimate of drug-likeness (QED) is 0.639. The first-order valence-corrected chi connectivity index (χ1v) is 9.01. The summed E-state index contributed by atoms with van der Waals surface area (Å²) in [4.78, 5) is 2.26. The Balaban J connectivity index is 1.79. The van der Waals surface area contributed by atoms with E-state index in [2.05, 4.69) is 34.6 Å². The molecule has 0 spiro atoms. The second kappa shape index (κ2) is 7.04. The van der Waals surface area contributed by atoms with E-state index in [4.69, 9.17) is 0 Å². The van der Waals surface area contributed by atoms with Gasteiger partial charge in [-0.25, -0.2) is 8.78 Å². The summed E-state index contributed by atoms with van der Waals surface area (Å²) in [5, 5.41) is 0. The molecule has 0 bridgehead atoms. The third-order valence-corrected chi connectivity index (χ3v) is 5.08. The maximum atomic E-state index is 14.7. The van der Waals surface area contributed by atoms with Gasteiger partial charge in [0.15, 0.2) is 0 Å². The van der Waals surface area contributed by atoms with Gasteiger partial charge in [0.2, 0.25) is 0 Å². The van der Waals surface area contributed by atoms with Crippen LogP contribution in [0.5, 0.6) is 0 Å². The number of aryl methyl sites for hydroxylation is 2. The Kier molecular flexibility index (Phi) is 4.60. The van der Waals surface area contributed by atoms with Crippen molar-refractivity contribution in [2.75, 3.05) is 6.54 Å². The number of aromatic nitrogens is 1. The van der Waals surface area contributed by atoms with Crippen molar-refractivity contribution < 1.29 is 8.78 Å². The number of hydrogen-bond acceptors (Lipinski definition) is 1. The van der Waals surface area contributed by atoms with Gasteiger partial charge in [0, 0.05) is 37.1 Å². The minimum atomic E-state index is -0.403. The van der Waals surface area contributed by atoms with Gasteiger partial charge in [0.1, 0.15) is 11.6 Å². The van der Waals surface area contributed by atoms with Crippen LogP contribution in [-0.4, -0.2) is 16.0 Å². The average molecular weight is 352 g/mol. The van der Waals surface area contributed by atoms with Crippen LogP contribution in [0.25, 0.3) is 0 Å². The molecule has 4 rings (SSSR count). The minimum Gasteiger partial charge on any atom is -0.350 e. The number of rotatable bonds is 3. The molecule has 3 aromatic rings. The molecule has 1 aliphatic heterocycles. The SMILES string of the molecule is Cc1cccc(CN2CCCn3cccc3C2c2cc(F)ccc2F)c1. The lowest BCUT2D eigenvalue weighted by Gasteiger charge is -2.31. The molecule has 2 aromatic carbocycles. The van der Waals surface area contributed by atoms with Gasteiger partial charge in [0.05, 0.1) is 6.04 Å². The van der Waals surface area contributed by atoms with E-state index in [1.807, 2.05) is 24.4 Å². The first-order valence-electron chi connectivity index (χ1n) is 9.01. The van der Waals surface area contributed by atoms with E-state index in [0.717, 1.165) is 25.2 Å². The Morgan fingerprint density at radius 2 is 1.88 bits per heavy atom. The van der Waals surface area contributed by atoms with Gasteiger partial charge in [-0.2, -0.15) is 0 Å². The Labute approximate surface area is 152 Å². The monoisotopic (exact) mass is 352 g/mol. The third kappa shape index (κ3) is 3.29. The maximum Gasteiger partial charge on any atom is 0.128 e. The molecule has 2 nitrogen and oxygen atoms in total. The van der Waals surface area contributed by atoms with E-state index in [0.29, 0.717) is 12.1 Å². The highest BCUT2D eigenvalue weighted by Gasteiger charge is 2.29. The molecule has 0 saturated carbocycles. The molecule has 0 aliphatic carbocycles. The Bertz CT molecular complexity index is 916. The van der Waals surface area contributed by atoms with Crippen LogP contribution in [0.1, 0.15) is 34.8 Å². The summed E-state index contributed by atoms with van der Waals surface area (Å²) in [6.45, 7) is 4.49. The minimum absolute atomic E-state index is 0.302. The molecule has 1 unspecified atom stereocenters. The van der Waals surface area contributed by atoms with Crippen molar-refractivity contribution in [1.82, 2.24) is 9.47 Å². The van der Waals surface area contributed by atoms with Crippen molar-refractivity contribution in [3.63, 3.8) is 0 Å². The highest BCUT2D eigenvalue weighted by Crippen LogP contribution is 2.34. The Morgan fingerprint density at radius 1 is 1.00 bits per heavy atom. The predicted molar refractivity (Wildman–Crippen MR) is 98.8 cm³/mol. The molecule has 0 fully saturated rings. The molecule has 2 heterocycles. The number of nitrogens with zero attached hydrogens (tertiary/aromatic N) is 2. The van der Waals surface area contributed by atoms with Gasteiger partial charge in [-0.1, -0.05) is 29.8 Å². The summed E-state index contributed by atoms with van der Waals surface area (Å²) in [5.74, 6) is -0.764. The standard InChI is InChI=1S/C22H22F2N2/c1-16-5-2-6-17(13-16)15-26-12-4-11-25-10-3-7-21(25)22(26)19-14-18(23)8-9-20(19)24/h2-3,5-10,13-14,22H,4,11-12,15H2,1H3. The molecule has 1 atom stereocenters. The molecule has 26 heavy (non-hydrogen) atoms. The van der Waals surface area contributed by atoms with Gasteiger partial charge >= 0.3 is 0 Å². The molecule has 1 aliphatic rings. The first-order chi connectivity index (χ1) is 12.6. The third-order valence-electron chi connectivity index (χ3n) is 5.08. The van der Waals surface area contributed by atoms with Gasteiger partial charge in [-0.3, -0.25) is 4.90 Å². The molecule has 1 aromatic heterocycles. The van der Waals surface area contributed by atoms with Gasteiger partial charge in [0.25, 0.3) is 0 Å². The largest absolute Gasteiger partial charge is 0.350 e. The lowest BCUT2D eigenvalue weighted by Crippen LogP contribution is -2.30. The molecule has 0 saturated heterocycles. The van der Waals surface area contributed by atoms with E-state index in [9.17, 15) is 8.78 Å². The summed E-state index contributed by atoms with van der Waals surface area (Å²) in [6.07, 6.45) is 3.00. The summed E-state index contributed by atoms with van der Waals surface area (Å²) in [6, 6.07) is 15.8. The molecule has 134 valence electrons. The van der Waals surface area contributed by atoms with Crippen molar-refractivity contribution in [3.05, 3.63) is 94.8 Å².